The van der Waals surface area contributed by atoms with Crippen molar-refractivity contribution in [2.45, 2.75) is 6.42 Å². The molecule has 0 saturated heterocycles. The maximum absolute atomic E-state index is 10.6. The van der Waals surface area contributed by atoms with Gasteiger partial charge in [-0.3, -0.25) is 4.79 Å². The summed E-state index contributed by atoms with van der Waals surface area (Å²) in [6.45, 7) is 4.66. The van der Waals surface area contributed by atoms with Gasteiger partial charge in [0.15, 0.2) is 0 Å². The van der Waals surface area contributed by atoms with Crippen LogP contribution in [0, 0.1) is 6.92 Å². The maximum Gasteiger partial charge on any atom is 0.220 e. The third kappa shape index (κ3) is 7.29. The second-order valence-corrected chi connectivity index (χ2v) is 1.94. The highest BCUT2D eigenvalue weighted by Crippen LogP contribution is 1.75. The minimum atomic E-state index is -0.0856. The molecule has 0 atom stereocenters. The summed E-state index contributed by atoms with van der Waals surface area (Å²) in [5, 5.41) is 10.9. The van der Waals surface area contributed by atoms with Crippen LogP contribution in [0.2, 0.25) is 0 Å². The highest BCUT2D eigenvalue weighted by molar-refractivity contribution is 5.76. The highest BCUT2D eigenvalue weighted by Gasteiger charge is 1.93. The van der Waals surface area contributed by atoms with E-state index in [0.29, 0.717) is 19.8 Å². The smallest absolute Gasteiger partial charge is 0.220 e. The number of nitrogens with one attached hydrogen (secondary N) is 1. The topological polar surface area (TPSA) is 58.6 Å². The van der Waals surface area contributed by atoms with E-state index in [9.17, 15) is 4.79 Å². The van der Waals surface area contributed by atoms with Crippen LogP contribution in [0.3, 0.4) is 0 Å². The van der Waals surface area contributed by atoms with E-state index in [1.165, 1.54) is 0 Å². The molecule has 0 unspecified atom stereocenters. The normalized spacial score (nSPS) is 9.64. The monoisotopic (exact) mass is 160 g/mol. The van der Waals surface area contributed by atoms with Crippen molar-refractivity contribution >= 4 is 5.91 Å². The molecule has 0 rings (SSSR count). The van der Waals surface area contributed by atoms with Gasteiger partial charge in [-0.1, -0.05) is 0 Å². The lowest BCUT2D eigenvalue weighted by Gasteiger charge is -2.03. The molecule has 0 aromatic carbocycles. The van der Waals surface area contributed by atoms with Crippen molar-refractivity contribution in [1.82, 2.24) is 5.32 Å². The molecule has 0 bridgehead atoms. The number of carbonyl (C=O) groups is 1. The largest absolute Gasteiger partial charge is 0.394 e. The molecule has 65 valence electrons. The van der Waals surface area contributed by atoms with E-state index < -0.39 is 0 Å². The van der Waals surface area contributed by atoms with Gasteiger partial charge in [-0.2, -0.15) is 0 Å². The van der Waals surface area contributed by atoms with E-state index in [1.54, 1.807) is 0 Å². The van der Waals surface area contributed by atoms with Crippen LogP contribution in [-0.4, -0.2) is 37.4 Å². The second kappa shape index (κ2) is 7.50. The van der Waals surface area contributed by atoms with Crippen molar-refractivity contribution in [3.05, 3.63) is 6.92 Å². The number of aliphatic hydroxyl groups excluding tert-OH is 1. The van der Waals surface area contributed by atoms with E-state index in [0.717, 1.165) is 0 Å². The van der Waals surface area contributed by atoms with Crippen molar-refractivity contribution in [1.29, 1.82) is 0 Å². The molecule has 4 nitrogen and oxygen atoms in total. The summed E-state index contributed by atoms with van der Waals surface area (Å²) in [6, 6.07) is 0. The number of rotatable bonds is 6. The Labute approximate surface area is 66.5 Å². The van der Waals surface area contributed by atoms with Crippen molar-refractivity contribution in [2.75, 3.05) is 26.4 Å². The maximum atomic E-state index is 10.6. The van der Waals surface area contributed by atoms with Gasteiger partial charge in [0, 0.05) is 13.0 Å². The Balaban J connectivity index is 2.95. The molecular weight excluding hydrogens is 146 g/mol. The molecule has 0 saturated carbocycles. The number of hydrogen-bond acceptors (Lipinski definition) is 3. The number of carbonyl (C=O) groups excluding carboxylic acids is 1. The van der Waals surface area contributed by atoms with Crippen LogP contribution in [0.4, 0.5) is 0 Å². The molecule has 0 aromatic heterocycles. The molecule has 0 fully saturated rings. The quantitative estimate of drug-likeness (QED) is 0.507. The molecule has 11 heavy (non-hydrogen) atoms. The highest BCUT2D eigenvalue weighted by atomic mass is 16.5. The van der Waals surface area contributed by atoms with Crippen molar-refractivity contribution in [3.63, 3.8) is 0 Å². The minimum Gasteiger partial charge on any atom is -0.394 e. The first-order valence-corrected chi connectivity index (χ1v) is 3.55. The fourth-order valence-corrected chi connectivity index (χ4v) is 0.518. The number of amides is 1. The Morgan fingerprint density at radius 3 is 2.82 bits per heavy atom. The lowest BCUT2D eigenvalue weighted by atomic mass is 10.4. The van der Waals surface area contributed by atoms with Gasteiger partial charge in [0.05, 0.1) is 19.8 Å². The Morgan fingerprint density at radius 2 is 2.27 bits per heavy atom. The predicted molar refractivity (Wildman–Crippen MR) is 40.9 cm³/mol. The fourth-order valence-electron chi connectivity index (χ4n) is 0.518. The van der Waals surface area contributed by atoms with Gasteiger partial charge in [-0.05, 0) is 6.92 Å². The summed E-state index contributed by atoms with van der Waals surface area (Å²) in [7, 11) is 0. The molecule has 1 amide bonds. The molecule has 0 aliphatic carbocycles. The van der Waals surface area contributed by atoms with Gasteiger partial charge in [0.1, 0.15) is 0 Å². The summed E-state index contributed by atoms with van der Waals surface area (Å²) in [5.74, 6) is -0.0856. The fraction of sp³-hybridized carbons (Fsp3) is 0.714. The number of ether oxygens (including phenoxy) is 1. The number of hydrogen-bond donors (Lipinski definition) is 2. The van der Waals surface area contributed by atoms with Gasteiger partial charge >= 0.3 is 0 Å². The standard InChI is InChI=1S/C7H14NO3/c1-2-7(10)8-3-5-11-6-4-9/h9H,1-6H2,(H,8,10). The minimum absolute atomic E-state index is 0.0171. The Kier molecular flexibility index (Phi) is 7.08. The Morgan fingerprint density at radius 1 is 1.55 bits per heavy atom. The molecular formula is C7H14NO3. The lowest BCUT2D eigenvalue weighted by Crippen LogP contribution is -2.26. The zero-order valence-electron chi connectivity index (χ0n) is 6.51. The zero-order chi connectivity index (χ0) is 8.53. The third-order valence-corrected chi connectivity index (χ3v) is 1.03. The van der Waals surface area contributed by atoms with Crippen molar-refractivity contribution < 1.29 is 14.6 Å². The van der Waals surface area contributed by atoms with Crippen LogP contribution in [0.15, 0.2) is 0 Å². The van der Waals surface area contributed by atoms with Gasteiger partial charge in [0.2, 0.25) is 5.91 Å². The van der Waals surface area contributed by atoms with Crippen molar-refractivity contribution in [2.24, 2.45) is 0 Å². The van der Waals surface area contributed by atoms with Gasteiger partial charge < -0.3 is 15.2 Å². The first kappa shape index (κ1) is 10.4. The van der Waals surface area contributed by atoms with E-state index in [4.69, 9.17) is 9.84 Å². The summed E-state index contributed by atoms with van der Waals surface area (Å²) in [5.41, 5.74) is 0. The van der Waals surface area contributed by atoms with Crippen molar-refractivity contribution in [3.8, 4) is 0 Å². The lowest BCUT2D eigenvalue weighted by molar-refractivity contribution is -0.120. The van der Waals surface area contributed by atoms with E-state index >= 15 is 0 Å². The van der Waals surface area contributed by atoms with Crippen LogP contribution in [0.5, 0.6) is 0 Å². The first-order chi connectivity index (χ1) is 5.31. The first-order valence-electron chi connectivity index (χ1n) is 3.55. The van der Waals surface area contributed by atoms with Gasteiger partial charge in [-0.15, -0.1) is 0 Å². The van der Waals surface area contributed by atoms with Crippen LogP contribution < -0.4 is 5.32 Å². The van der Waals surface area contributed by atoms with E-state index in [-0.39, 0.29) is 18.9 Å². The van der Waals surface area contributed by atoms with Crippen LogP contribution in [0.1, 0.15) is 6.42 Å². The predicted octanol–water partition coefficient (Wildman–Crippen LogP) is -0.664. The summed E-state index contributed by atoms with van der Waals surface area (Å²) < 4.78 is 4.89. The molecule has 4 heteroatoms. The molecule has 1 radical (unpaired) electrons. The molecule has 0 aromatic rings. The molecule has 0 aliphatic rings. The zero-order valence-corrected chi connectivity index (χ0v) is 6.51. The second-order valence-electron chi connectivity index (χ2n) is 1.94. The summed E-state index contributed by atoms with van der Waals surface area (Å²) >= 11 is 0. The van der Waals surface area contributed by atoms with Crippen LogP contribution in [-0.2, 0) is 9.53 Å². The Hall–Kier alpha value is -0.610. The Bertz CT molecular complexity index is 106. The SMILES string of the molecule is [CH2]CC(=O)NCCOCCO. The van der Waals surface area contributed by atoms with Gasteiger partial charge in [0.25, 0.3) is 0 Å². The van der Waals surface area contributed by atoms with Gasteiger partial charge in [-0.25, -0.2) is 0 Å². The average Bonchev–Trinajstić information content (AvgIpc) is 2.04. The summed E-state index contributed by atoms with van der Waals surface area (Å²) in [4.78, 5) is 10.6. The van der Waals surface area contributed by atoms with Crippen LogP contribution >= 0.6 is 0 Å². The molecule has 0 heterocycles. The molecule has 2 N–H and O–H groups in total. The van der Waals surface area contributed by atoms with E-state index in [2.05, 4.69) is 12.2 Å². The van der Waals surface area contributed by atoms with E-state index in [1.807, 2.05) is 0 Å². The number of aliphatic hydroxyl groups is 1. The van der Waals surface area contributed by atoms with Crippen LogP contribution in [0.25, 0.3) is 0 Å². The molecule has 0 aliphatic heterocycles. The molecule has 0 spiro atoms. The summed E-state index contributed by atoms with van der Waals surface area (Å²) in [6.07, 6.45) is 0.250. The average molecular weight is 160 g/mol. The third-order valence-electron chi connectivity index (χ3n) is 1.03.